The van der Waals surface area contributed by atoms with Crippen LogP contribution in [0, 0.1) is 0 Å². The first-order chi connectivity index (χ1) is 13.2. The van der Waals surface area contributed by atoms with E-state index < -0.39 is 0 Å². The van der Waals surface area contributed by atoms with Crippen LogP contribution in [-0.4, -0.2) is 25.1 Å². The fourth-order valence-corrected chi connectivity index (χ4v) is 2.41. The molecule has 0 saturated heterocycles. The van der Waals surface area contributed by atoms with Crippen molar-refractivity contribution in [3.05, 3.63) is 72.8 Å². The first kappa shape index (κ1) is 20.2. The molecule has 2 aromatic carbocycles. The molecule has 0 atom stereocenters. The third-order valence-corrected chi connectivity index (χ3v) is 3.78. The van der Waals surface area contributed by atoms with E-state index in [-0.39, 0.29) is 24.7 Å². The van der Waals surface area contributed by atoms with E-state index in [2.05, 4.69) is 11.9 Å². The summed E-state index contributed by atoms with van der Waals surface area (Å²) in [6, 6.07) is 17.1. The molecule has 5 heteroatoms. The van der Waals surface area contributed by atoms with Gasteiger partial charge in [0.1, 0.15) is 12.4 Å². The number of aryl methyl sites for hydroxylation is 1. The van der Waals surface area contributed by atoms with Crippen molar-refractivity contribution in [2.75, 3.05) is 18.5 Å². The summed E-state index contributed by atoms with van der Waals surface area (Å²) in [5.74, 6) is 0.120. The highest BCUT2D eigenvalue weighted by atomic mass is 16.5. The highest BCUT2D eigenvalue weighted by Gasteiger charge is 2.08. The number of carbonyl (C=O) groups is 2. The van der Waals surface area contributed by atoms with Gasteiger partial charge in [-0.15, -0.1) is 0 Å². The Bertz CT molecular complexity index is 726. The second kappa shape index (κ2) is 11.5. The van der Waals surface area contributed by atoms with Crippen LogP contribution in [0.2, 0.25) is 0 Å². The van der Waals surface area contributed by atoms with Crippen LogP contribution in [-0.2, 0) is 20.7 Å². The summed E-state index contributed by atoms with van der Waals surface area (Å²) in [6.45, 7) is 4.38. The zero-order valence-electron chi connectivity index (χ0n) is 15.4. The number of anilines is 1. The van der Waals surface area contributed by atoms with Crippen molar-refractivity contribution in [1.29, 1.82) is 0 Å². The lowest BCUT2D eigenvalue weighted by Gasteiger charge is -2.08. The minimum absolute atomic E-state index is 0.0672. The predicted molar refractivity (Wildman–Crippen MR) is 106 cm³/mol. The largest absolute Gasteiger partial charge is 0.490 e. The normalized spacial score (nSPS) is 10.1. The zero-order chi connectivity index (χ0) is 19.3. The molecule has 0 heterocycles. The minimum Gasteiger partial charge on any atom is -0.490 e. The third kappa shape index (κ3) is 8.23. The first-order valence-corrected chi connectivity index (χ1v) is 9.00. The van der Waals surface area contributed by atoms with Crippen molar-refractivity contribution in [2.45, 2.75) is 25.7 Å². The zero-order valence-corrected chi connectivity index (χ0v) is 15.4. The number of hydrogen-bond donors (Lipinski definition) is 1. The van der Waals surface area contributed by atoms with Gasteiger partial charge in [-0.25, -0.2) is 0 Å². The number of ether oxygens (including phenoxy) is 2. The van der Waals surface area contributed by atoms with Gasteiger partial charge in [0.25, 0.3) is 0 Å². The van der Waals surface area contributed by atoms with Crippen molar-refractivity contribution in [2.24, 2.45) is 0 Å². The van der Waals surface area contributed by atoms with Crippen molar-refractivity contribution >= 4 is 17.6 Å². The van der Waals surface area contributed by atoms with Crippen molar-refractivity contribution in [3.63, 3.8) is 0 Å². The molecular weight excluding hydrogens is 342 g/mol. The number of rotatable bonds is 11. The van der Waals surface area contributed by atoms with E-state index in [1.807, 2.05) is 30.3 Å². The summed E-state index contributed by atoms with van der Waals surface area (Å²) in [5.41, 5.74) is 1.87. The van der Waals surface area contributed by atoms with Crippen LogP contribution in [0.4, 0.5) is 5.69 Å². The summed E-state index contributed by atoms with van der Waals surface area (Å²) in [7, 11) is 0. The van der Waals surface area contributed by atoms with Gasteiger partial charge in [-0.05, 0) is 42.7 Å². The molecule has 2 aromatic rings. The molecule has 0 unspecified atom stereocenters. The van der Waals surface area contributed by atoms with Crippen molar-refractivity contribution in [3.8, 4) is 5.75 Å². The lowest BCUT2D eigenvalue weighted by Crippen LogP contribution is -2.15. The molecule has 0 saturated carbocycles. The molecule has 1 N–H and O–H groups in total. The summed E-state index contributed by atoms with van der Waals surface area (Å²) >= 11 is 0. The first-order valence-electron chi connectivity index (χ1n) is 9.00. The summed E-state index contributed by atoms with van der Waals surface area (Å²) in [4.78, 5) is 23.7. The van der Waals surface area contributed by atoms with Gasteiger partial charge in [-0.3, -0.25) is 9.59 Å². The lowest BCUT2D eigenvalue weighted by atomic mass is 10.1. The minimum atomic E-state index is -0.355. The SMILES string of the molecule is C=CCOc1ccc(NC(=O)CCC(=O)OCCCc2ccccc2)cc1. The fraction of sp³-hybridized carbons (Fsp3) is 0.273. The summed E-state index contributed by atoms with van der Waals surface area (Å²) < 4.78 is 10.6. The Labute approximate surface area is 160 Å². The van der Waals surface area contributed by atoms with E-state index in [4.69, 9.17) is 9.47 Å². The number of hydrogen-bond acceptors (Lipinski definition) is 4. The molecule has 2 rings (SSSR count). The molecule has 27 heavy (non-hydrogen) atoms. The molecule has 0 fully saturated rings. The third-order valence-electron chi connectivity index (χ3n) is 3.78. The fourth-order valence-electron chi connectivity index (χ4n) is 2.41. The quantitative estimate of drug-likeness (QED) is 0.368. The summed E-state index contributed by atoms with van der Waals surface area (Å²) in [5, 5.41) is 2.75. The average Bonchev–Trinajstić information content (AvgIpc) is 2.70. The Morgan fingerprint density at radius 1 is 1.00 bits per heavy atom. The second-order valence-electron chi connectivity index (χ2n) is 5.98. The van der Waals surface area contributed by atoms with Gasteiger partial charge in [0.15, 0.2) is 0 Å². The van der Waals surface area contributed by atoms with Crippen molar-refractivity contribution < 1.29 is 19.1 Å². The number of benzene rings is 2. The molecular formula is C22H25NO4. The molecule has 0 aliphatic carbocycles. The monoisotopic (exact) mass is 367 g/mol. The second-order valence-corrected chi connectivity index (χ2v) is 5.98. The smallest absolute Gasteiger partial charge is 0.306 e. The topological polar surface area (TPSA) is 64.6 Å². The van der Waals surface area contributed by atoms with Gasteiger partial charge < -0.3 is 14.8 Å². The maximum atomic E-state index is 11.9. The Kier molecular flexibility index (Phi) is 8.63. The Morgan fingerprint density at radius 2 is 1.74 bits per heavy atom. The Hall–Kier alpha value is -3.08. The number of nitrogens with one attached hydrogen (secondary N) is 1. The average molecular weight is 367 g/mol. The van der Waals surface area contributed by atoms with Crippen LogP contribution in [0.3, 0.4) is 0 Å². The van der Waals surface area contributed by atoms with E-state index in [0.717, 1.165) is 12.8 Å². The van der Waals surface area contributed by atoms with Crippen LogP contribution in [0.25, 0.3) is 0 Å². The van der Waals surface area contributed by atoms with E-state index in [1.54, 1.807) is 30.3 Å². The van der Waals surface area contributed by atoms with Gasteiger partial charge in [-0.1, -0.05) is 43.0 Å². The Morgan fingerprint density at radius 3 is 2.44 bits per heavy atom. The van der Waals surface area contributed by atoms with E-state index in [1.165, 1.54) is 5.56 Å². The van der Waals surface area contributed by atoms with Gasteiger partial charge in [0.05, 0.1) is 13.0 Å². The predicted octanol–water partition coefficient (Wildman–Crippen LogP) is 4.15. The molecule has 142 valence electrons. The molecule has 0 bridgehead atoms. The van der Waals surface area contributed by atoms with E-state index >= 15 is 0 Å². The molecule has 0 spiro atoms. The molecule has 1 amide bonds. The summed E-state index contributed by atoms with van der Waals surface area (Å²) in [6.07, 6.45) is 3.45. The van der Waals surface area contributed by atoms with E-state index in [0.29, 0.717) is 24.7 Å². The number of amides is 1. The molecule has 0 aliphatic heterocycles. The van der Waals surface area contributed by atoms with Crippen LogP contribution in [0.1, 0.15) is 24.8 Å². The van der Waals surface area contributed by atoms with Crippen LogP contribution in [0.5, 0.6) is 5.75 Å². The molecule has 0 radical (unpaired) electrons. The van der Waals surface area contributed by atoms with Gasteiger partial charge in [0, 0.05) is 12.1 Å². The number of esters is 1. The van der Waals surface area contributed by atoms with Crippen molar-refractivity contribution in [1.82, 2.24) is 0 Å². The molecule has 0 aromatic heterocycles. The van der Waals surface area contributed by atoms with E-state index in [9.17, 15) is 9.59 Å². The standard InChI is InChI=1S/C22H25NO4/c1-2-16-26-20-12-10-19(11-13-20)23-21(24)14-15-22(25)27-17-6-9-18-7-4-3-5-8-18/h2-5,7-8,10-13H,1,6,9,14-17H2,(H,23,24). The van der Waals surface area contributed by atoms with Crippen LogP contribution < -0.4 is 10.1 Å². The Balaban J connectivity index is 1.60. The lowest BCUT2D eigenvalue weighted by molar-refractivity contribution is -0.144. The van der Waals surface area contributed by atoms with Crippen LogP contribution >= 0.6 is 0 Å². The molecule has 5 nitrogen and oxygen atoms in total. The van der Waals surface area contributed by atoms with Gasteiger partial charge in [-0.2, -0.15) is 0 Å². The maximum absolute atomic E-state index is 11.9. The molecule has 0 aliphatic rings. The van der Waals surface area contributed by atoms with Gasteiger partial charge in [0.2, 0.25) is 5.91 Å². The number of carbonyl (C=O) groups excluding carboxylic acids is 2. The van der Waals surface area contributed by atoms with Crippen LogP contribution in [0.15, 0.2) is 67.3 Å². The highest BCUT2D eigenvalue weighted by molar-refractivity contribution is 5.92. The van der Waals surface area contributed by atoms with Gasteiger partial charge >= 0.3 is 5.97 Å². The highest BCUT2D eigenvalue weighted by Crippen LogP contribution is 2.16. The maximum Gasteiger partial charge on any atom is 0.306 e.